The van der Waals surface area contributed by atoms with Gasteiger partial charge in [-0.15, -0.1) is 12.4 Å². The highest BCUT2D eigenvalue weighted by atomic mass is 127. The van der Waals surface area contributed by atoms with Crippen LogP contribution in [0.5, 0.6) is 5.75 Å². The van der Waals surface area contributed by atoms with E-state index in [1.165, 1.54) is 0 Å². The largest absolute Gasteiger partial charge is 0.506 e. The van der Waals surface area contributed by atoms with Crippen LogP contribution in [0, 0.1) is 7.14 Å². The Labute approximate surface area is 156 Å². The molecule has 21 heavy (non-hydrogen) atoms. The molecule has 2 rings (SSSR count). The molecule has 0 unspecified atom stereocenters. The van der Waals surface area contributed by atoms with Gasteiger partial charge in [-0.2, -0.15) is 0 Å². The molecule has 0 bridgehead atoms. The lowest BCUT2D eigenvalue weighted by Gasteiger charge is -2.35. The highest BCUT2D eigenvalue weighted by Crippen LogP contribution is 2.37. The minimum absolute atomic E-state index is 0. The molecule has 0 saturated carbocycles. The molecule has 0 radical (unpaired) electrons. The van der Waals surface area contributed by atoms with Gasteiger partial charge in [0.25, 0.3) is 0 Å². The number of rotatable bonds is 4. The number of benzene rings is 1. The lowest BCUT2D eigenvalue weighted by Crippen LogP contribution is -2.45. The third-order valence-corrected chi connectivity index (χ3v) is 4.86. The zero-order chi connectivity index (χ0) is 14.7. The molecule has 1 saturated heterocycles. The Bertz CT molecular complexity index is 474. The van der Waals surface area contributed by atoms with Crippen molar-refractivity contribution >= 4 is 57.6 Å². The molecule has 0 aromatic heterocycles. The maximum atomic E-state index is 12.9. The molecule has 1 atom stereocenters. The second-order valence-electron chi connectivity index (χ2n) is 4.75. The van der Waals surface area contributed by atoms with E-state index < -0.39 is 12.5 Å². The monoisotopic (exact) mass is 544 g/mol. The van der Waals surface area contributed by atoms with Gasteiger partial charge in [-0.05, 0) is 57.3 Å². The van der Waals surface area contributed by atoms with Crippen molar-refractivity contribution in [2.75, 3.05) is 26.2 Å². The van der Waals surface area contributed by atoms with Gasteiger partial charge in [0.05, 0.1) is 3.57 Å². The summed E-state index contributed by atoms with van der Waals surface area (Å²) in [5, 5.41) is 13.5. The summed E-state index contributed by atoms with van der Waals surface area (Å²) in [7, 11) is 0. The number of nitrogens with one attached hydrogen (secondary N) is 1. The fourth-order valence-electron chi connectivity index (χ4n) is 2.48. The van der Waals surface area contributed by atoms with E-state index in [-0.39, 0.29) is 24.6 Å². The van der Waals surface area contributed by atoms with E-state index in [1.54, 1.807) is 0 Å². The zero-order valence-electron chi connectivity index (χ0n) is 11.2. The number of piperazine rings is 1. The summed E-state index contributed by atoms with van der Waals surface area (Å²) in [6.07, 6.45) is -2.63. The van der Waals surface area contributed by atoms with Crippen LogP contribution in [0.25, 0.3) is 0 Å². The lowest BCUT2D eigenvalue weighted by molar-refractivity contribution is 0.0729. The summed E-state index contributed by atoms with van der Waals surface area (Å²) < 4.78 is 27.5. The number of hydrogen-bond donors (Lipinski definition) is 2. The molecule has 1 aliphatic heterocycles. The van der Waals surface area contributed by atoms with Crippen molar-refractivity contribution in [3.63, 3.8) is 0 Å². The van der Waals surface area contributed by atoms with Gasteiger partial charge >= 0.3 is 0 Å². The minimum atomic E-state index is -2.38. The Morgan fingerprint density at radius 2 is 1.86 bits per heavy atom. The summed E-state index contributed by atoms with van der Waals surface area (Å²) in [5.74, 6) is 0.134. The minimum Gasteiger partial charge on any atom is -0.506 e. The van der Waals surface area contributed by atoms with Crippen LogP contribution in [0.1, 0.15) is 18.0 Å². The number of phenolic OH excluding ortho intramolecular Hbond substituents is 1. The van der Waals surface area contributed by atoms with E-state index in [0.717, 1.165) is 29.7 Å². The molecule has 8 heteroatoms. The smallest absolute Gasteiger partial charge is 0.240 e. The van der Waals surface area contributed by atoms with Gasteiger partial charge in [0.2, 0.25) is 6.43 Å². The number of halogens is 5. The molecule has 1 heterocycles. The molecule has 3 nitrogen and oxygen atoms in total. The van der Waals surface area contributed by atoms with Gasteiger partial charge < -0.3 is 10.4 Å². The molecular formula is C13H17ClF2I2N2O. The van der Waals surface area contributed by atoms with E-state index >= 15 is 0 Å². The molecule has 2 N–H and O–H groups in total. The van der Waals surface area contributed by atoms with Crippen molar-refractivity contribution in [2.45, 2.75) is 18.9 Å². The molecule has 1 fully saturated rings. The van der Waals surface area contributed by atoms with Gasteiger partial charge in [0, 0.05) is 47.8 Å². The van der Waals surface area contributed by atoms with Crippen molar-refractivity contribution in [1.29, 1.82) is 0 Å². The maximum absolute atomic E-state index is 12.9. The molecule has 1 aromatic carbocycles. The quantitative estimate of drug-likeness (QED) is 0.569. The van der Waals surface area contributed by atoms with Gasteiger partial charge in [-0.25, -0.2) is 8.78 Å². The Morgan fingerprint density at radius 1 is 1.24 bits per heavy atom. The predicted molar refractivity (Wildman–Crippen MR) is 98.6 cm³/mol. The van der Waals surface area contributed by atoms with Crippen molar-refractivity contribution in [3.05, 3.63) is 24.8 Å². The molecule has 120 valence electrons. The highest BCUT2D eigenvalue weighted by molar-refractivity contribution is 14.1. The van der Waals surface area contributed by atoms with Crippen molar-refractivity contribution in [2.24, 2.45) is 0 Å². The summed E-state index contributed by atoms with van der Waals surface area (Å²) in [5.41, 5.74) is 0.614. The SMILES string of the molecule is Cl.Oc1c(I)cc(I)cc1[C@H](CC(F)F)N1CCNCC1. The number of aromatic hydroxyl groups is 1. The number of nitrogens with zero attached hydrogens (tertiary/aromatic N) is 1. The van der Waals surface area contributed by atoms with E-state index in [9.17, 15) is 13.9 Å². The van der Waals surface area contributed by atoms with Crippen LogP contribution in [0.15, 0.2) is 12.1 Å². The van der Waals surface area contributed by atoms with Gasteiger partial charge in [0.15, 0.2) is 0 Å². The third-order valence-electron chi connectivity index (χ3n) is 3.41. The summed E-state index contributed by atoms with van der Waals surface area (Å²) in [6, 6.07) is 3.23. The Hall–Kier alpha value is 0.550. The van der Waals surface area contributed by atoms with Gasteiger partial charge in [-0.1, -0.05) is 0 Å². The van der Waals surface area contributed by atoms with Crippen LogP contribution in [0.2, 0.25) is 0 Å². The summed E-state index contributed by atoms with van der Waals surface area (Å²) in [6.45, 7) is 3.03. The van der Waals surface area contributed by atoms with Crippen LogP contribution in [0.4, 0.5) is 8.78 Å². The third kappa shape index (κ3) is 5.29. The van der Waals surface area contributed by atoms with Crippen LogP contribution < -0.4 is 5.32 Å². The average Bonchev–Trinajstić information content (AvgIpc) is 2.41. The van der Waals surface area contributed by atoms with Gasteiger partial charge in [-0.3, -0.25) is 4.90 Å². The Morgan fingerprint density at radius 3 is 2.43 bits per heavy atom. The summed E-state index contributed by atoms with van der Waals surface area (Å²) >= 11 is 4.19. The second-order valence-corrected chi connectivity index (χ2v) is 7.16. The Balaban J connectivity index is 0.00000220. The summed E-state index contributed by atoms with van der Waals surface area (Å²) in [4.78, 5) is 2.03. The fraction of sp³-hybridized carbons (Fsp3) is 0.538. The number of alkyl halides is 2. The first-order valence-electron chi connectivity index (χ1n) is 6.40. The lowest BCUT2D eigenvalue weighted by atomic mass is 10.0. The van der Waals surface area contributed by atoms with Crippen molar-refractivity contribution < 1.29 is 13.9 Å². The highest BCUT2D eigenvalue weighted by Gasteiger charge is 2.28. The van der Waals surface area contributed by atoms with Crippen LogP contribution in [-0.4, -0.2) is 42.6 Å². The molecule has 0 amide bonds. The molecule has 1 aromatic rings. The number of hydrogen-bond acceptors (Lipinski definition) is 3. The number of phenols is 1. The Kier molecular flexibility index (Phi) is 8.39. The van der Waals surface area contributed by atoms with Crippen molar-refractivity contribution in [3.8, 4) is 5.75 Å². The molecule has 0 spiro atoms. The fourth-order valence-corrected chi connectivity index (χ4v) is 4.36. The van der Waals surface area contributed by atoms with Gasteiger partial charge in [0.1, 0.15) is 5.75 Å². The molecular weight excluding hydrogens is 527 g/mol. The molecule has 0 aliphatic carbocycles. The van der Waals surface area contributed by atoms with E-state index in [1.807, 2.05) is 39.6 Å². The van der Waals surface area contributed by atoms with Crippen LogP contribution >= 0.6 is 57.6 Å². The zero-order valence-corrected chi connectivity index (χ0v) is 16.3. The maximum Gasteiger partial charge on any atom is 0.240 e. The normalized spacial score (nSPS) is 17.6. The predicted octanol–water partition coefficient (Wildman–Crippen LogP) is 3.62. The van der Waals surface area contributed by atoms with E-state index in [0.29, 0.717) is 9.13 Å². The average molecular weight is 545 g/mol. The standard InChI is InChI=1S/C13H16F2I2N2O.ClH/c14-12(15)7-11(19-3-1-18-2-4-19)9-5-8(16)6-10(17)13(9)20;/h5-6,11-12,18,20H,1-4,7H2;1H/t11-;/m0./s1. The van der Waals surface area contributed by atoms with Crippen LogP contribution in [0.3, 0.4) is 0 Å². The van der Waals surface area contributed by atoms with Crippen molar-refractivity contribution in [1.82, 2.24) is 10.2 Å². The first-order valence-corrected chi connectivity index (χ1v) is 8.55. The van der Waals surface area contributed by atoms with E-state index in [2.05, 4.69) is 27.9 Å². The first kappa shape index (κ1) is 19.6. The molecule has 1 aliphatic rings. The van der Waals surface area contributed by atoms with Crippen LogP contribution in [-0.2, 0) is 0 Å². The topological polar surface area (TPSA) is 35.5 Å². The van der Waals surface area contributed by atoms with E-state index in [4.69, 9.17) is 0 Å². The first-order chi connectivity index (χ1) is 9.49. The second kappa shape index (κ2) is 8.99.